The van der Waals surface area contributed by atoms with Crippen LogP contribution in [0, 0.1) is 0 Å². The van der Waals surface area contributed by atoms with E-state index in [1.807, 2.05) is 6.92 Å². The smallest absolute Gasteiger partial charge is 0.267 e. The van der Waals surface area contributed by atoms with Crippen LogP contribution in [0.3, 0.4) is 0 Å². The van der Waals surface area contributed by atoms with Crippen LogP contribution in [0.2, 0.25) is 0 Å². The van der Waals surface area contributed by atoms with E-state index < -0.39 is 10.0 Å². The molecule has 2 N–H and O–H groups in total. The zero-order valence-corrected chi connectivity index (χ0v) is 12.9. The van der Waals surface area contributed by atoms with Crippen LogP contribution in [0.1, 0.15) is 30.3 Å². The second kappa shape index (κ2) is 7.06. The Kier molecular flexibility index (Phi) is 5.38. The SMILES string of the molecule is CCCCNC(=O)c1cc(S(=O)(=O)N2CCOCC2)c[nH]1. The summed E-state index contributed by atoms with van der Waals surface area (Å²) in [6, 6.07) is 1.38. The van der Waals surface area contributed by atoms with E-state index in [1.165, 1.54) is 16.6 Å². The van der Waals surface area contributed by atoms with E-state index >= 15 is 0 Å². The highest BCUT2D eigenvalue weighted by atomic mass is 32.2. The molecule has 0 spiro atoms. The van der Waals surface area contributed by atoms with Crippen molar-refractivity contribution in [3.8, 4) is 0 Å². The Balaban J connectivity index is 2.06. The van der Waals surface area contributed by atoms with Gasteiger partial charge in [-0.25, -0.2) is 8.42 Å². The fourth-order valence-electron chi connectivity index (χ4n) is 2.06. The Labute approximate surface area is 124 Å². The first-order valence-electron chi connectivity index (χ1n) is 7.10. The molecule has 0 unspecified atom stereocenters. The molecule has 8 heteroatoms. The number of nitrogens with zero attached hydrogens (tertiary/aromatic N) is 1. The predicted molar refractivity (Wildman–Crippen MR) is 77.6 cm³/mol. The van der Waals surface area contributed by atoms with Gasteiger partial charge in [0.15, 0.2) is 0 Å². The molecule has 0 saturated carbocycles. The molecule has 0 atom stereocenters. The zero-order valence-electron chi connectivity index (χ0n) is 12.1. The lowest BCUT2D eigenvalue weighted by Crippen LogP contribution is -2.40. The monoisotopic (exact) mass is 315 g/mol. The van der Waals surface area contributed by atoms with E-state index in [2.05, 4.69) is 10.3 Å². The van der Waals surface area contributed by atoms with Gasteiger partial charge < -0.3 is 15.0 Å². The summed E-state index contributed by atoms with van der Waals surface area (Å²) in [5, 5.41) is 2.75. The van der Waals surface area contributed by atoms with Gasteiger partial charge in [0.05, 0.1) is 13.2 Å². The Bertz CT molecular complexity index is 576. The Hall–Kier alpha value is -1.38. The van der Waals surface area contributed by atoms with Crippen LogP contribution in [0.4, 0.5) is 0 Å². The summed E-state index contributed by atoms with van der Waals surface area (Å²) in [4.78, 5) is 14.7. The third-order valence-corrected chi connectivity index (χ3v) is 5.20. The molecular weight excluding hydrogens is 294 g/mol. The first-order chi connectivity index (χ1) is 10.1. The highest BCUT2D eigenvalue weighted by Gasteiger charge is 2.27. The van der Waals surface area contributed by atoms with E-state index in [-0.39, 0.29) is 16.5 Å². The van der Waals surface area contributed by atoms with Crippen LogP contribution in [0.15, 0.2) is 17.2 Å². The maximum Gasteiger partial charge on any atom is 0.267 e. The van der Waals surface area contributed by atoms with Crippen LogP contribution in [-0.2, 0) is 14.8 Å². The van der Waals surface area contributed by atoms with Crippen LogP contribution in [0.5, 0.6) is 0 Å². The van der Waals surface area contributed by atoms with Crippen LogP contribution < -0.4 is 5.32 Å². The molecule has 0 bridgehead atoms. The quantitative estimate of drug-likeness (QED) is 0.751. The van der Waals surface area contributed by atoms with Crippen LogP contribution in [0.25, 0.3) is 0 Å². The minimum Gasteiger partial charge on any atom is -0.379 e. The number of hydrogen-bond acceptors (Lipinski definition) is 4. The third kappa shape index (κ3) is 3.84. The topological polar surface area (TPSA) is 91.5 Å². The van der Waals surface area contributed by atoms with Crippen molar-refractivity contribution in [1.82, 2.24) is 14.6 Å². The van der Waals surface area contributed by atoms with Gasteiger partial charge in [-0.3, -0.25) is 4.79 Å². The van der Waals surface area contributed by atoms with Crippen molar-refractivity contribution in [2.24, 2.45) is 0 Å². The summed E-state index contributed by atoms with van der Waals surface area (Å²) in [5.74, 6) is -0.285. The van der Waals surface area contributed by atoms with Gasteiger partial charge in [0.1, 0.15) is 10.6 Å². The number of aromatic amines is 1. The van der Waals surface area contributed by atoms with E-state index in [1.54, 1.807) is 0 Å². The average molecular weight is 315 g/mol. The fraction of sp³-hybridized carbons (Fsp3) is 0.615. The van der Waals surface area contributed by atoms with Gasteiger partial charge in [0, 0.05) is 25.8 Å². The lowest BCUT2D eigenvalue weighted by atomic mass is 10.3. The normalized spacial score (nSPS) is 16.8. The number of amides is 1. The molecule has 2 rings (SSSR count). The van der Waals surface area contributed by atoms with Gasteiger partial charge in [-0.1, -0.05) is 13.3 Å². The van der Waals surface area contributed by atoms with Gasteiger partial charge in [-0.15, -0.1) is 0 Å². The van der Waals surface area contributed by atoms with E-state index in [9.17, 15) is 13.2 Å². The van der Waals surface area contributed by atoms with Gasteiger partial charge in [-0.2, -0.15) is 4.31 Å². The molecule has 1 fully saturated rings. The largest absolute Gasteiger partial charge is 0.379 e. The summed E-state index contributed by atoms with van der Waals surface area (Å²) < 4.78 is 31.3. The van der Waals surface area contributed by atoms with Crippen molar-refractivity contribution in [3.05, 3.63) is 18.0 Å². The van der Waals surface area contributed by atoms with Gasteiger partial charge >= 0.3 is 0 Å². The molecule has 7 nitrogen and oxygen atoms in total. The van der Waals surface area contributed by atoms with E-state index in [0.717, 1.165) is 12.8 Å². The van der Waals surface area contributed by atoms with Crippen LogP contribution in [-0.4, -0.2) is 56.5 Å². The van der Waals surface area contributed by atoms with E-state index in [0.29, 0.717) is 32.8 Å². The van der Waals surface area contributed by atoms with Crippen molar-refractivity contribution < 1.29 is 17.9 Å². The van der Waals surface area contributed by atoms with Crippen molar-refractivity contribution in [2.45, 2.75) is 24.7 Å². The van der Waals surface area contributed by atoms with Crippen molar-refractivity contribution >= 4 is 15.9 Å². The molecule has 1 aromatic rings. The number of nitrogens with one attached hydrogen (secondary N) is 2. The number of aromatic nitrogens is 1. The van der Waals surface area contributed by atoms with Crippen molar-refractivity contribution in [2.75, 3.05) is 32.8 Å². The maximum atomic E-state index is 12.4. The number of H-pyrrole nitrogens is 1. The summed E-state index contributed by atoms with van der Waals surface area (Å²) >= 11 is 0. The summed E-state index contributed by atoms with van der Waals surface area (Å²) in [6.07, 6.45) is 3.24. The fourth-order valence-corrected chi connectivity index (χ4v) is 3.47. The highest BCUT2D eigenvalue weighted by molar-refractivity contribution is 7.89. The first-order valence-corrected chi connectivity index (χ1v) is 8.54. The standard InChI is InChI=1S/C13H21N3O4S/c1-2-3-4-14-13(17)12-9-11(10-15-12)21(18,19)16-5-7-20-8-6-16/h9-10,15H,2-8H2,1H3,(H,14,17). The Morgan fingerprint density at radius 1 is 1.43 bits per heavy atom. The first kappa shape index (κ1) is 16.0. The predicted octanol–water partition coefficient (Wildman–Crippen LogP) is 0.565. The molecule has 0 radical (unpaired) electrons. The molecule has 2 heterocycles. The number of morpholine rings is 1. The van der Waals surface area contributed by atoms with Crippen LogP contribution >= 0.6 is 0 Å². The second-order valence-corrected chi connectivity index (χ2v) is 6.81. The molecule has 1 aliphatic rings. The number of sulfonamides is 1. The molecule has 1 amide bonds. The number of carbonyl (C=O) groups is 1. The molecule has 1 saturated heterocycles. The maximum absolute atomic E-state index is 12.4. The van der Waals surface area contributed by atoms with E-state index in [4.69, 9.17) is 4.74 Å². The number of unbranched alkanes of at least 4 members (excludes halogenated alkanes) is 1. The number of rotatable bonds is 6. The van der Waals surface area contributed by atoms with Gasteiger partial charge in [0.2, 0.25) is 10.0 Å². The molecule has 1 aliphatic heterocycles. The summed E-state index contributed by atoms with van der Waals surface area (Å²) in [5.41, 5.74) is 0.262. The van der Waals surface area contributed by atoms with Crippen molar-refractivity contribution in [3.63, 3.8) is 0 Å². The Morgan fingerprint density at radius 2 is 2.14 bits per heavy atom. The van der Waals surface area contributed by atoms with Gasteiger partial charge in [-0.05, 0) is 12.5 Å². The molecule has 1 aromatic heterocycles. The summed E-state index contributed by atoms with van der Waals surface area (Å²) in [6.45, 7) is 4.09. The molecule has 118 valence electrons. The summed E-state index contributed by atoms with van der Waals surface area (Å²) in [7, 11) is -3.56. The number of hydrogen-bond donors (Lipinski definition) is 2. The van der Waals surface area contributed by atoms with Crippen molar-refractivity contribution in [1.29, 1.82) is 0 Å². The zero-order chi connectivity index (χ0) is 15.3. The average Bonchev–Trinajstić information content (AvgIpc) is 2.99. The molecule has 0 aliphatic carbocycles. The Morgan fingerprint density at radius 3 is 2.81 bits per heavy atom. The lowest BCUT2D eigenvalue weighted by molar-refractivity contribution is 0.0730. The molecular formula is C13H21N3O4S. The second-order valence-electron chi connectivity index (χ2n) is 4.87. The third-order valence-electron chi connectivity index (χ3n) is 3.32. The minimum atomic E-state index is -3.56. The molecule has 0 aromatic carbocycles. The van der Waals surface area contributed by atoms with Gasteiger partial charge in [0.25, 0.3) is 5.91 Å². The minimum absolute atomic E-state index is 0.116. The number of carbonyl (C=O) groups excluding carboxylic acids is 1. The highest BCUT2D eigenvalue weighted by Crippen LogP contribution is 2.17. The lowest BCUT2D eigenvalue weighted by Gasteiger charge is -2.25. The molecule has 21 heavy (non-hydrogen) atoms. The number of ether oxygens (including phenoxy) is 1.